The van der Waals surface area contributed by atoms with Gasteiger partial charge in [0, 0.05) is 0 Å². The zero-order valence-corrected chi connectivity index (χ0v) is 7.49. The Morgan fingerprint density at radius 2 is 2.62 bits per heavy atom. The molecule has 1 aromatic heterocycles. The molecule has 0 amide bonds. The third kappa shape index (κ3) is 2.83. The summed E-state index contributed by atoms with van der Waals surface area (Å²) < 4.78 is 5.00. The summed E-state index contributed by atoms with van der Waals surface area (Å²) in [6, 6.07) is 3.48. The highest BCUT2D eigenvalue weighted by Gasteiger charge is 2.11. The van der Waals surface area contributed by atoms with Gasteiger partial charge in [0.05, 0.1) is 23.1 Å². The lowest BCUT2D eigenvalue weighted by atomic mass is 10.5. The van der Waals surface area contributed by atoms with Crippen LogP contribution >= 0.6 is 11.8 Å². The number of nitrogens with zero attached hydrogens (tertiary/aromatic N) is 1. The van der Waals surface area contributed by atoms with Crippen LogP contribution in [0.4, 0.5) is 0 Å². The average molecular weight is 200 g/mol. The molecular formula is C7H8N2O3S. The first-order valence-electron chi connectivity index (χ1n) is 3.45. The zero-order chi connectivity index (χ0) is 9.68. The number of furan rings is 1. The monoisotopic (exact) mass is 200 g/mol. The molecule has 6 heteroatoms. The molecule has 1 rings (SSSR count). The van der Waals surface area contributed by atoms with E-state index in [9.17, 15) is 10.1 Å². The lowest BCUT2D eigenvalue weighted by Crippen LogP contribution is -1.98. The predicted octanol–water partition coefficient (Wildman–Crippen LogP) is 1.55. The normalized spacial score (nSPS) is 11.5. The van der Waals surface area contributed by atoms with Gasteiger partial charge in [-0.2, -0.15) is 0 Å². The van der Waals surface area contributed by atoms with Crippen molar-refractivity contribution in [1.29, 1.82) is 0 Å². The van der Waals surface area contributed by atoms with Crippen LogP contribution in [0.25, 0.3) is 0 Å². The number of nitro groups is 1. The third-order valence-corrected chi connectivity index (χ3v) is 2.27. The Kier molecular flexibility index (Phi) is 3.39. The Bertz CT molecular complexity index is 308. The maximum absolute atomic E-state index is 10.3. The number of hydrogen-bond acceptors (Lipinski definition) is 5. The summed E-state index contributed by atoms with van der Waals surface area (Å²) in [5.41, 5.74) is 5.06. The Hall–Kier alpha value is -1.43. The molecule has 0 aliphatic heterocycles. The number of rotatable bonds is 4. The smallest absolute Gasteiger partial charge is 0.318 e. The summed E-state index contributed by atoms with van der Waals surface area (Å²) in [4.78, 5) is 9.78. The van der Waals surface area contributed by atoms with E-state index in [2.05, 4.69) is 0 Å². The largest absolute Gasteiger partial charge is 0.468 e. The molecule has 70 valence electrons. The molecule has 0 radical (unpaired) electrons. The maximum atomic E-state index is 10.3. The fourth-order valence-electron chi connectivity index (χ4n) is 0.701. The minimum atomic E-state index is -0.520. The lowest BCUT2D eigenvalue weighted by molar-refractivity contribution is -0.410. The summed E-state index contributed by atoms with van der Waals surface area (Å²) >= 11 is 1.03. The zero-order valence-electron chi connectivity index (χ0n) is 6.67. The Balaban J connectivity index is 2.46. The summed E-state index contributed by atoms with van der Waals surface area (Å²) in [7, 11) is 0. The van der Waals surface area contributed by atoms with Gasteiger partial charge >= 0.3 is 5.03 Å². The minimum absolute atomic E-state index is 0.0728. The molecule has 1 aromatic rings. The highest BCUT2D eigenvalue weighted by Crippen LogP contribution is 2.20. The van der Waals surface area contributed by atoms with E-state index in [1.807, 2.05) is 0 Å². The fraction of sp³-hybridized carbons (Fsp3) is 0.143. The van der Waals surface area contributed by atoms with Crippen LogP contribution in [-0.2, 0) is 5.75 Å². The summed E-state index contributed by atoms with van der Waals surface area (Å²) in [6.45, 7) is 0. The van der Waals surface area contributed by atoms with E-state index in [0.29, 0.717) is 11.5 Å². The van der Waals surface area contributed by atoms with Gasteiger partial charge in [-0.05, 0) is 23.9 Å². The fourth-order valence-corrected chi connectivity index (χ4v) is 1.36. The molecule has 0 saturated carbocycles. The van der Waals surface area contributed by atoms with Crippen LogP contribution in [0.1, 0.15) is 5.76 Å². The van der Waals surface area contributed by atoms with Gasteiger partial charge in [-0.1, -0.05) is 0 Å². The van der Waals surface area contributed by atoms with Gasteiger partial charge in [0.25, 0.3) is 0 Å². The molecule has 13 heavy (non-hydrogen) atoms. The van der Waals surface area contributed by atoms with Crippen molar-refractivity contribution in [3.8, 4) is 0 Å². The predicted molar refractivity (Wildman–Crippen MR) is 49.3 cm³/mol. The standard InChI is InChI=1S/C7H8N2O3S/c8-4-7(9(10)11)13-5-6-2-1-3-12-6/h1-4H,5,8H2. The van der Waals surface area contributed by atoms with Crippen LogP contribution in [0.3, 0.4) is 0 Å². The second-order valence-corrected chi connectivity index (χ2v) is 3.13. The topological polar surface area (TPSA) is 82.3 Å². The maximum Gasteiger partial charge on any atom is 0.318 e. The van der Waals surface area contributed by atoms with E-state index in [4.69, 9.17) is 10.2 Å². The van der Waals surface area contributed by atoms with Crippen LogP contribution in [0, 0.1) is 10.1 Å². The first-order chi connectivity index (χ1) is 6.24. The molecular weight excluding hydrogens is 192 g/mol. The first-order valence-corrected chi connectivity index (χ1v) is 4.44. The van der Waals surface area contributed by atoms with Gasteiger partial charge in [-0.25, -0.2) is 0 Å². The van der Waals surface area contributed by atoms with Crippen LogP contribution in [0.15, 0.2) is 34.0 Å². The number of nitrogens with two attached hydrogens (primary N) is 1. The SMILES string of the molecule is NC=C(SCc1ccco1)[N+](=O)[O-]. The van der Waals surface area contributed by atoms with Crippen molar-refractivity contribution in [3.63, 3.8) is 0 Å². The van der Waals surface area contributed by atoms with Gasteiger partial charge in [-0.15, -0.1) is 0 Å². The lowest BCUT2D eigenvalue weighted by Gasteiger charge is -1.94. The summed E-state index contributed by atoms with van der Waals surface area (Å²) in [5.74, 6) is 1.10. The van der Waals surface area contributed by atoms with E-state index in [1.54, 1.807) is 12.1 Å². The van der Waals surface area contributed by atoms with Gasteiger partial charge in [0.2, 0.25) is 0 Å². The highest BCUT2D eigenvalue weighted by atomic mass is 32.2. The molecule has 0 atom stereocenters. The molecule has 2 N–H and O–H groups in total. The van der Waals surface area contributed by atoms with Crippen molar-refractivity contribution in [2.75, 3.05) is 0 Å². The van der Waals surface area contributed by atoms with Gasteiger partial charge in [0.15, 0.2) is 0 Å². The molecule has 5 nitrogen and oxygen atoms in total. The molecule has 0 aliphatic rings. The van der Waals surface area contributed by atoms with E-state index >= 15 is 0 Å². The van der Waals surface area contributed by atoms with E-state index in [1.165, 1.54) is 6.26 Å². The third-order valence-electron chi connectivity index (χ3n) is 1.26. The molecule has 0 saturated heterocycles. The minimum Gasteiger partial charge on any atom is -0.468 e. The summed E-state index contributed by atoms with van der Waals surface area (Å²) in [6.07, 6.45) is 2.50. The van der Waals surface area contributed by atoms with Crippen molar-refractivity contribution in [1.82, 2.24) is 0 Å². The Labute approximate surface area is 78.7 Å². The van der Waals surface area contributed by atoms with Gasteiger partial charge in [0.1, 0.15) is 5.76 Å². The second-order valence-electron chi connectivity index (χ2n) is 2.13. The number of hydrogen-bond donors (Lipinski definition) is 1. The van der Waals surface area contributed by atoms with Crippen LogP contribution in [0.2, 0.25) is 0 Å². The van der Waals surface area contributed by atoms with E-state index < -0.39 is 4.92 Å². The molecule has 0 unspecified atom stereocenters. The van der Waals surface area contributed by atoms with E-state index in [-0.39, 0.29) is 5.03 Å². The average Bonchev–Trinajstić information content (AvgIpc) is 2.57. The van der Waals surface area contributed by atoms with Crippen molar-refractivity contribution >= 4 is 11.8 Å². The van der Waals surface area contributed by atoms with Crippen LogP contribution in [0.5, 0.6) is 0 Å². The molecule has 0 aliphatic carbocycles. The Morgan fingerprint density at radius 3 is 3.08 bits per heavy atom. The quantitative estimate of drug-likeness (QED) is 0.589. The van der Waals surface area contributed by atoms with Crippen molar-refractivity contribution in [3.05, 3.63) is 45.5 Å². The van der Waals surface area contributed by atoms with Crippen molar-refractivity contribution in [2.45, 2.75) is 5.75 Å². The summed E-state index contributed by atoms with van der Waals surface area (Å²) in [5, 5.41) is 10.2. The second kappa shape index (κ2) is 4.56. The molecule has 0 spiro atoms. The Morgan fingerprint density at radius 1 is 1.85 bits per heavy atom. The van der Waals surface area contributed by atoms with Crippen molar-refractivity contribution in [2.24, 2.45) is 5.73 Å². The van der Waals surface area contributed by atoms with Gasteiger partial charge < -0.3 is 10.2 Å². The van der Waals surface area contributed by atoms with Crippen LogP contribution < -0.4 is 5.73 Å². The molecule has 0 aromatic carbocycles. The van der Waals surface area contributed by atoms with Crippen molar-refractivity contribution < 1.29 is 9.34 Å². The number of thioether (sulfide) groups is 1. The van der Waals surface area contributed by atoms with Crippen LogP contribution in [-0.4, -0.2) is 4.92 Å². The van der Waals surface area contributed by atoms with Gasteiger partial charge in [-0.3, -0.25) is 10.1 Å². The van der Waals surface area contributed by atoms with E-state index in [0.717, 1.165) is 18.0 Å². The molecule has 1 heterocycles. The first kappa shape index (κ1) is 9.66. The molecule has 0 bridgehead atoms. The highest BCUT2D eigenvalue weighted by molar-refractivity contribution is 8.02. The molecule has 0 fully saturated rings.